The van der Waals surface area contributed by atoms with Crippen molar-refractivity contribution in [3.63, 3.8) is 0 Å². The van der Waals surface area contributed by atoms with Crippen molar-refractivity contribution in [3.05, 3.63) is 53.6 Å². The maximum absolute atomic E-state index is 14.5. The van der Waals surface area contributed by atoms with Crippen LogP contribution in [0.5, 0.6) is 0 Å². The normalized spacial score (nSPS) is 41.3. The lowest BCUT2D eigenvalue weighted by Gasteiger charge is -2.72. The Labute approximate surface area is 296 Å². The summed E-state index contributed by atoms with van der Waals surface area (Å²) in [4.78, 5) is 28.6. The fraction of sp³-hybridized carbons (Fsp3) is 0.727. The molecule has 0 aromatic heterocycles. The minimum absolute atomic E-state index is 0.00132. The van der Waals surface area contributed by atoms with Gasteiger partial charge in [-0.3, -0.25) is 4.79 Å². The number of hydrogen-bond donors (Lipinski definition) is 2. The van der Waals surface area contributed by atoms with E-state index in [-0.39, 0.29) is 27.1 Å². The maximum atomic E-state index is 14.5. The van der Waals surface area contributed by atoms with Crippen LogP contribution < -0.4 is 5.32 Å². The van der Waals surface area contributed by atoms with Gasteiger partial charge >= 0.3 is 5.97 Å². The Morgan fingerprint density at radius 3 is 2.27 bits per heavy atom. The van der Waals surface area contributed by atoms with Crippen LogP contribution in [0.1, 0.15) is 135 Å². The summed E-state index contributed by atoms with van der Waals surface area (Å²) in [6.45, 7) is 23.8. The van der Waals surface area contributed by atoms with Crippen molar-refractivity contribution >= 4 is 17.4 Å². The second-order valence-electron chi connectivity index (χ2n) is 18.9. The van der Waals surface area contributed by atoms with Gasteiger partial charge in [-0.05, 0) is 165 Å². The molecule has 0 spiro atoms. The molecular formula is C44H64N2O3. The number of carbonyl (C=O) groups is 2. The first-order valence-corrected chi connectivity index (χ1v) is 19.9. The first-order valence-electron chi connectivity index (χ1n) is 19.9. The summed E-state index contributed by atoms with van der Waals surface area (Å²) in [5.74, 6) is 2.08. The van der Waals surface area contributed by atoms with Gasteiger partial charge in [0, 0.05) is 13.1 Å². The molecule has 1 aromatic carbocycles. The van der Waals surface area contributed by atoms with Gasteiger partial charge in [0.25, 0.3) is 0 Å². The Kier molecular flexibility index (Phi) is 8.85. The van der Waals surface area contributed by atoms with Gasteiger partial charge in [0.05, 0.1) is 11.0 Å². The summed E-state index contributed by atoms with van der Waals surface area (Å²) in [6, 6.07) is 7.58. The summed E-state index contributed by atoms with van der Waals surface area (Å²) in [6.07, 6.45) is 16.8. The standard InChI is InChI=1S/C44H64N2O3/c1-29(2)32-17-22-44(39(49)45-25-28-46-26-9-8-10-27-46)24-23-42(6)34(37(32)44)15-16-36-41(5)20-18-33(30-11-13-31(14-12-30)38(47)48)40(3,4)35(41)19-21-43(36,42)7/h11-14,18,32,34-37H,1,8-10,15-17,19-28H2,2-7H3,(H,45,49)(H,47,48). The minimum atomic E-state index is -0.868. The van der Waals surface area contributed by atoms with Gasteiger partial charge in [-0.15, -0.1) is 0 Å². The van der Waals surface area contributed by atoms with Gasteiger partial charge in [0.2, 0.25) is 5.91 Å². The number of allylic oxidation sites excluding steroid dienone is 3. The predicted octanol–water partition coefficient (Wildman–Crippen LogP) is 9.64. The van der Waals surface area contributed by atoms with E-state index in [1.807, 2.05) is 12.1 Å². The smallest absolute Gasteiger partial charge is 0.335 e. The zero-order chi connectivity index (χ0) is 35.0. The lowest BCUT2D eigenvalue weighted by Crippen LogP contribution is -2.66. The van der Waals surface area contributed by atoms with Gasteiger partial charge in [-0.1, -0.05) is 71.4 Å². The molecule has 9 unspecified atom stereocenters. The molecule has 1 amide bonds. The molecule has 7 rings (SSSR count). The maximum Gasteiger partial charge on any atom is 0.335 e. The lowest BCUT2D eigenvalue weighted by molar-refractivity contribution is -0.225. The van der Waals surface area contributed by atoms with Crippen LogP contribution in [-0.2, 0) is 4.79 Å². The highest BCUT2D eigenvalue weighted by molar-refractivity contribution is 5.88. The lowest BCUT2D eigenvalue weighted by atomic mass is 9.32. The molecule has 1 aromatic rings. The van der Waals surface area contributed by atoms with Gasteiger partial charge in [-0.25, -0.2) is 4.79 Å². The number of hydrogen-bond acceptors (Lipinski definition) is 3. The molecule has 1 aliphatic heterocycles. The highest BCUT2D eigenvalue weighted by Gasteiger charge is 2.71. The number of carboxylic acid groups (broad SMARTS) is 1. The number of aromatic carboxylic acids is 1. The van der Waals surface area contributed by atoms with Crippen LogP contribution in [-0.4, -0.2) is 48.1 Å². The zero-order valence-corrected chi connectivity index (χ0v) is 31.5. The van der Waals surface area contributed by atoms with Gasteiger partial charge < -0.3 is 15.3 Å². The van der Waals surface area contributed by atoms with Crippen molar-refractivity contribution in [1.29, 1.82) is 0 Å². The van der Waals surface area contributed by atoms with E-state index in [0.717, 1.165) is 45.2 Å². The number of carbonyl (C=O) groups excluding carboxylic acids is 1. The minimum Gasteiger partial charge on any atom is -0.478 e. The van der Waals surface area contributed by atoms with Crippen LogP contribution in [0.3, 0.4) is 0 Å². The van der Waals surface area contributed by atoms with E-state index >= 15 is 0 Å². The Morgan fingerprint density at radius 1 is 0.878 bits per heavy atom. The highest BCUT2D eigenvalue weighted by Crippen LogP contribution is 2.77. The second-order valence-corrected chi connectivity index (χ2v) is 18.9. The van der Waals surface area contributed by atoms with E-state index in [2.05, 4.69) is 64.4 Å². The molecule has 1 heterocycles. The van der Waals surface area contributed by atoms with Gasteiger partial charge in [-0.2, -0.15) is 0 Å². The molecule has 2 N–H and O–H groups in total. The number of rotatable bonds is 7. The summed E-state index contributed by atoms with van der Waals surface area (Å²) in [5.41, 5.74) is 4.59. The number of nitrogens with zero attached hydrogens (tertiary/aromatic N) is 1. The second kappa shape index (κ2) is 12.4. The molecule has 0 bridgehead atoms. The molecule has 5 fully saturated rings. The molecule has 4 saturated carbocycles. The number of carboxylic acids is 1. The van der Waals surface area contributed by atoms with E-state index < -0.39 is 5.97 Å². The average Bonchev–Trinajstić information content (AvgIpc) is 3.47. The summed E-state index contributed by atoms with van der Waals surface area (Å²) >= 11 is 0. The number of amides is 1. The number of likely N-dealkylation sites (tertiary alicyclic amines) is 1. The topological polar surface area (TPSA) is 69.6 Å². The monoisotopic (exact) mass is 668 g/mol. The van der Waals surface area contributed by atoms with Crippen molar-refractivity contribution < 1.29 is 14.7 Å². The molecule has 1 saturated heterocycles. The number of benzene rings is 1. The van der Waals surface area contributed by atoms with Crippen LogP contribution >= 0.6 is 0 Å². The van der Waals surface area contributed by atoms with E-state index in [0.29, 0.717) is 41.1 Å². The SMILES string of the molecule is C=C(C)C1CCC2(C(=O)NCCN3CCCCC3)CCC3(C)C(CCC4C5(C)CC=C(c6ccc(C(=O)O)cc6)C(C)(C)C5CCC43C)C12. The highest BCUT2D eigenvalue weighted by atomic mass is 16.4. The van der Waals surface area contributed by atoms with Crippen LogP contribution in [0.2, 0.25) is 0 Å². The number of nitrogens with one attached hydrogen (secondary N) is 1. The molecule has 5 nitrogen and oxygen atoms in total. The van der Waals surface area contributed by atoms with Crippen LogP contribution in [0.25, 0.3) is 5.57 Å². The molecule has 268 valence electrons. The predicted molar refractivity (Wildman–Crippen MR) is 199 cm³/mol. The Balaban J connectivity index is 1.16. The van der Waals surface area contributed by atoms with Gasteiger partial charge in [0.1, 0.15) is 0 Å². The quantitative estimate of drug-likeness (QED) is 0.284. The largest absolute Gasteiger partial charge is 0.478 e. The molecule has 5 aliphatic carbocycles. The van der Waals surface area contributed by atoms with Gasteiger partial charge in [0.15, 0.2) is 0 Å². The third-order valence-electron chi connectivity index (χ3n) is 16.7. The van der Waals surface area contributed by atoms with E-state index in [1.54, 1.807) is 12.1 Å². The van der Waals surface area contributed by atoms with Crippen molar-refractivity contribution in [2.24, 2.45) is 56.7 Å². The third kappa shape index (κ3) is 5.24. The number of fused-ring (bicyclic) bond motifs is 7. The van der Waals surface area contributed by atoms with E-state index in [9.17, 15) is 14.7 Å². The van der Waals surface area contributed by atoms with Crippen LogP contribution in [0.4, 0.5) is 0 Å². The van der Waals surface area contributed by atoms with Crippen molar-refractivity contribution in [2.45, 2.75) is 119 Å². The first-order chi connectivity index (χ1) is 23.2. The molecular weight excluding hydrogens is 604 g/mol. The molecule has 0 radical (unpaired) electrons. The fourth-order valence-corrected chi connectivity index (χ4v) is 14.1. The number of piperidine rings is 1. The summed E-state index contributed by atoms with van der Waals surface area (Å²) in [7, 11) is 0. The van der Waals surface area contributed by atoms with Crippen molar-refractivity contribution in [2.75, 3.05) is 26.2 Å². The van der Waals surface area contributed by atoms with Crippen molar-refractivity contribution in [1.82, 2.24) is 10.2 Å². The van der Waals surface area contributed by atoms with Crippen LogP contribution in [0, 0.1) is 56.7 Å². The third-order valence-corrected chi connectivity index (χ3v) is 16.7. The van der Waals surface area contributed by atoms with E-state index in [1.165, 1.54) is 74.7 Å². The van der Waals surface area contributed by atoms with Crippen LogP contribution in [0.15, 0.2) is 42.5 Å². The summed E-state index contributed by atoms with van der Waals surface area (Å²) < 4.78 is 0. The molecule has 49 heavy (non-hydrogen) atoms. The zero-order valence-electron chi connectivity index (χ0n) is 31.5. The fourth-order valence-electron chi connectivity index (χ4n) is 14.1. The molecule has 5 heteroatoms. The molecule has 6 aliphatic rings. The Bertz CT molecular complexity index is 1500. The average molecular weight is 669 g/mol. The Hall–Kier alpha value is -2.40. The first kappa shape index (κ1) is 35.0. The summed E-state index contributed by atoms with van der Waals surface area (Å²) in [5, 5.41) is 13.0. The Morgan fingerprint density at radius 2 is 1.59 bits per heavy atom. The van der Waals surface area contributed by atoms with E-state index in [4.69, 9.17) is 0 Å². The van der Waals surface area contributed by atoms with Crippen molar-refractivity contribution in [3.8, 4) is 0 Å². The molecule has 9 atom stereocenters.